The summed E-state index contributed by atoms with van der Waals surface area (Å²) in [6, 6.07) is 8.26. The van der Waals surface area contributed by atoms with Crippen LogP contribution in [-0.4, -0.2) is 38.0 Å². The lowest BCUT2D eigenvalue weighted by atomic mass is 10.1. The van der Waals surface area contributed by atoms with Crippen LogP contribution in [0, 0.1) is 0 Å². The number of hydrogen-bond acceptors (Lipinski definition) is 2. The molecular weight excluding hydrogens is 268 g/mol. The predicted molar refractivity (Wildman–Crippen MR) is 69.4 cm³/mol. The SMILES string of the molecule is CNC(=O)CN(C)CCc1ccc(Br)cc1. The molecule has 3 nitrogen and oxygen atoms in total. The maximum atomic E-state index is 11.1. The molecule has 1 aromatic carbocycles. The summed E-state index contributed by atoms with van der Waals surface area (Å²) in [5.41, 5.74) is 1.28. The summed E-state index contributed by atoms with van der Waals surface area (Å²) < 4.78 is 1.09. The molecule has 1 aromatic rings. The van der Waals surface area contributed by atoms with Crippen LogP contribution < -0.4 is 5.32 Å². The van der Waals surface area contributed by atoms with Gasteiger partial charge in [0.2, 0.25) is 5.91 Å². The highest BCUT2D eigenvalue weighted by Gasteiger charge is 2.04. The molecule has 0 aliphatic heterocycles. The molecule has 0 bridgehead atoms. The molecule has 0 saturated carbocycles. The zero-order chi connectivity index (χ0) is 12.0. The monoisotopic (exact) mass is 284 g/mol. The number of carbonyl (C=O) groups excluding carboxylic acids is 1. The minimum Gasteiger partial charge on any atom is -0.358 e. The molecule has 0 radical (unpaired) electrons. The minimum absolute atomic E-state index is 0.0540. The van der Waals surface area contributed by atoms with Gasteiger partial charge >= 0.3 is 0 Å². The van der Waals surface area contributed by atoms with Gasteiger partial charge in [-0.15, -0.1) is 0 Å². The molecule has 88 valence electrons. The van der Waals surface area contributed by atoms with Gasteiger partial charge in [-0.2, -0.15) is 0 Å². The van der Waals surface area contributed by atoms with E-state index in [1.54, 1.807) is 7.05 Å². The van der Waals surface area contributed by atoms with Crippen LogP contribution >= 0.6 is 15.9 Å². The lowest BCUT2D eigenvalue weighted by molar-refractivity contribution is -0.121. The zero-order valence-corrected chi connectivity index (χ0v) is 11.3. The van der Waals surface area contributed by atoms with Crippen LogP contribution in [0.25, 0.3) is 0 Å². The topological polar surface area (TPSA) is 32.3 Å². The predicted octanol–water partition coefficient (Wildman–Crippen LogP) is 1.67. The fraction of sp³-hybridized carbons (Fsp3) is 0.417. The van der Waals surface area contributed by atoms with Crippen molar-refractivity contribution in [3.63, 3.8) is 0 Å². The van der Waals surface area contributed by atoms with Crippen molar-refractivity contribution in [1.82, 2.24) is 10.2 Å². The van der Waals surface area contributed by atoms with E-state index in [1.807, 2.05) is 24.1 Å². The Morgan fingerprint density at radius 3 is 2.56 bits per heavy atom. The molecular formula is C12H17BrN2O. The second kappa shape index (κ2) is 6.66. The second-order valence-corrected chi connectivity index (χ2v) is 4.70. The molecule has 0 heterocycles. The summed E-state index contributed by atoms with van der Waals surface area (Å²) in [7, 11) is 3.61. The first-order chi connectivity index (χ1) is 7.61. The highest BCUT2D eigenvalue weighted by molar-refractivity contribution is 9.10. The van der Waals surface area contributed by atoms with Crippen molar-refractivity contribution in [3.8, 4) is 0 Å². The van der Waals surface area contributed by atoms with E-state index in [9.17, 15) is 4.79 Å². The number of nitrogens with one attached hydrogen (secondary N) is 1. The molecule has 4 heteroatoms. The molecule has 1 rings (SSSR count). The summed E-state index contributed by atoms with van der Waals surface area (Å²) >= 11 is 3.40. The molecule has 16 heavy (non-hydrogen) atoms. The van der Waals surface area contributed by atoms with E-state index in [-0.39, 0.29) is 5.91 Å². The van der Waals surface area contributed by atoms with Gasteiger partial charge in [-0.25, -0.2) is 0 Å². The van der Waals surface area contributed by atoms with Crippen LogP contribution in [0.4, 0.5) is 0 Å². The van der Waals surface area contributed by atoms with Crippen LogP contribution in [0.5, 0.6) is 0 Å². The van der Waals surface area contributed by atoms with Crippen LogP contribution in [0.1, 0.15) is 5.56 Å². The number of nitrogens with zero attached hydrogens (tertiary/aromatic N) is 1. The summed E-state index contributed by atoms with van der Waals surface area (Å²) in [6.07, 6.45) is 0.959. The van der Waals surface area contributed by atoms with Gasteiger partial charge < -0.3 is 5.32 Å². The van der Waals surface area contributed by atoms with E-state index >= 15 is 0 Å². The molecule has 0 aliphatic carbocycles. The molecule has 0 spiro atoms. The van der Waals surface area contributed by atoms with Crippen molar-refractivity contribution in [1.29, 1.82) is 0 Å². The van der Waals surface area contributed by atoms with E-state index in [2.05, 4.69) is 33.4 Å². The molecule has 0 aromatic heterocycles. The van der Waals surface area contributed by atoms with Crippen molar-refractivity contribution in [2.45, 2.75) is 6.42 Å². The minimum atomic E-state index is 0.0540. The first kappa shape index (κ1) is 13.2. The van der Waals surface area contributed by atoms with Crippen molar-refractivity contribution in [3.05, 3.63) is 34.3 Å². The molecule has 1 N–H and O–H groups in total. The standard InChI is InChI=1S/C12H17BrN2O/c1-14-12(16)9-15(2)8-7-10-3-5-11(13)6-4-10/h3-6H,7-9H2,1-2H3,(H,14,16). The maximum Gasteiger partial charge on any atom is 0.233 e. The third kappa shape index (κ3) is 4.77. The molecule has 0 fully saturated rings. The van der Waals surface area contributed by atoms with Gasteiger partial charge in [0.25, 0.3) is 0 Å². The van der Waals surface area contributed by atoms with E-state index in [4.69, 9.17) is 0 Å². The lowest BCUT2D eigenvalue weighted by Crippen LogP contribution is -2.34. The molecule has 0 atom stereocenters. The summed E-state index contributed by atoms with van der Waals surface area (Å²) in [4.78, 5) is 13.1. The highest BCUT2D eigenvalue weighted by atomic mass is 79.9. The van der Waals surface area contributed by atoms with Gasteiger partial charge in [0.05, 0.1) is 6.54 Å². The second-order valence-electron chi connectivity index (χ2n) is 3.79. The molecule has 1 amide bonds. The Morgan fingerprint density at radius 1 is 1.38 bits per heavy atom. The smallest absolute Gasteiger partial charge is 0.233 e. The van der Waals surface area contributed by atoms with E-state index in [0.717, 1.165) is 17.4 Å². The highest BCUT2D eigenvalue weighted by Crippen LogP contribution is 2.10. The Hall–Kier alpha value is -0.870. The quantitative estimate of drug-likeness (QED) is 0.892. The van der Waals surface area contributed by atoms with Gasteiger partial charge in [0.15, 0.2) is 0 Å². The number of rotatable bonds is 5. The fourth-order valence-electron chi connectivity index (χ4n) is 1.37. The average molecular weight is 285 g/mol. The van der Waals surface area contributed by atoms with Crippen molar-refractivity contribution >= 4 is 21.8 Å². The number of hydrogen-bond donors (Lipinski definition) is 1. The number of amides is 1. The van der Waals surface area contributed by atoms with Crippen molar-refractivity contribution in [2.75, 3.05) is 27.2 Å². The first-order valence-electron chi connectivity index (χ1n) is 5.25. The van der Waals surface area contributed by atoms with E-state index in [0.29, 0.717) is 6.54 Å². The summed E-state index contributed by atoms with van der Waals surface area (Å²) in [6.45, 7) is 1.34. The maximum absolute atomic E-state index is 11.1. The number of benzene rings is 1. The largest absolute Gasteiger partial charge is 0.358 e. The van der Waals surface area contributed by atoms with Gasteiger partial charge in [0.1, 0.15) is 0 Å². The van der Waals surface area contributed by atoms with E-state index < -0.39 is 0 Å². The Labute approximate surface area is 105 Å². The molecule has 0 unspecified atom stereocenters. The average Bonchev–Trinajstić information content (AvgIpc) is 2.28. The van der Waals surface area contributed by atoms with Gasteiger partial charge in [-0.1, -0.05) is 28.1 Å². The van der Waals surface area contributed by atoms with Crippen molar-refractivity contribution < 1.29 is 4.79 Å². The van der Waals surface area contributed by atoms with Crippen LogP contribution in [0.15, 0.2) is 28.7 Å². The number of carbonyl (C=O) groups is 1. The van der Waals surface area contributed by atoms with Gasteiger partial charge in [0, 0.05) is 18.1 Å². The fourth-order valence-corrected chi connectivity index (χ4v) is 1.64. The number of halogens is 1. The van der Waals surface area contributed by atoms with Crippen molar-refractivity contribution in [2.24, 2.45) is 0 Å². The van der Waals surface area contributed by atoms with Gasteiger partial charge in [-0.3, -0.25) is 9.69 Å². The Balaban J connectivity index is 2.34. The normalized spacial score (nSPS) is 10.5. The Bertz CT molecular complexity index is 337. The first-order valence-corrected chi connectivity index (χ1v) is 6.04. The third-order valence-electron chi connectivity index (χ3n) is 2.39. The molecule has 0 saturated heterocycles. The van der Waals surface area contributed by atoms with E-state index in [1.165, 1.54) is 5.56 Å². The van der Waals surface area contributed by atoms with Crippen LogP contribution in [0.2, 0.25) is 0 Å². The van der Waals surface area contributed by atoms with Gasteiger partial charge in [-0.05, 0) is 31.2 Å². The Kier molecular flexibility index (Phi) is 5.49. The number of likely N-dealkylation sites (N-methyl/N-ethyl adjacent to an activating group) is 2. The zero-order valence-electron chi connectivity index (χ0n) is 9.66. The Morgan fingerprint density at radius 2 is 2.00 bits per heavy atom. The third-order valence-corrected chi connectivity index (χ3v) is 2.92. The lowest BCUT2D eigenvalue weighted by Gasteiger charge is -2.15. The van der Waals surface area contributed by atoms with Crippen LogP contribution in [-0.2, 0) is 11.2 Å². The molecule has 0 aliphatic rings. The summed E-state index contributed by atoms with van der Waals surface area (Å²) in [5, 5.41) is 2.61. The summed E-state index contributed by atoms with van der Waals surface area (Å²) in [5.74, 6) is 0.0540. The van der Waals surface area contributed by atoms with Crippen LogP contribution in [0.3, 0.4) is 0 Å².